The summed E-state index contributed by atoms with van der Waals surface area (Å²) in [6.07, 6.45) is 0. The monoisotopic (exact) mass is 201 g/mol. The highest BCUT2D eigenvalue weighted by molar-refractivity contribution is 5.81. The molecule has 0 heterocycles. The van der Waals surface area contributed by atoms with Gasteiger partial charge in [-0.1, -0.05) is 13.8 Å². The molecule has 0 bridgehead atoms. The van der Waals surface area contributed by atoms with Crippen LogP contribution in [0.3, 0.4) is 0 Å². The molecule has 3 N–H and O–H groups in total. The van der Waals surface area contributed by atoms with E-state index in [9.17, 15) is 4.79 Å². The van der Waals surface area contributed by atoms with Crippen molar-refractivity contribution in [1.82, 2.24) is 10.2 Å². The topological polar surface area (TPSA) is 58.4 Å². The average Bonchev–Trinajstić information content (AvgIpc) is 2.11. The number of rotatable bonds is 5. The predicted molar refractivity (Wildman–Crippen MR) is 59.0 cm³/mol. The Morgan fingerprint density at radius 3 is 2.21 bits per heavy atom. The van der Waals surface area contributed by atoms with Crippen LogP contribution in [-0.2, 0) is 4.79 Å². The number of carbonyl (C=O) groups is 1. The van der Waals surface area contributed by atoms with Crippen molar-refractivity contribution >= 4 is 5.91 Å². The van der Waals surface area contributed by atoms with Crippen LogP contribution in [0.2, 0.25) is 0 Å². The number of nitrogens with one attached hydrogen (secondary N) is 1. The smallest absolute Gasteiger partial charge is 0.237 e. The molecule has 84 valence electrons. The largest absolute Gasteiger partial charge is 0.353 e. The minimum atomic E-state index is -0.399. The summed E-state index contributed by atoms with van der Waals surface area (Å²) in [4.78, 5) is 13.5. The maximum atomic E-state index is 11.5. The van der Waals surface area contributed by atoms with E-state index in [4.69, 9.17) is 5.73 Å². The number of hydrogen-bond acceptors (Lipinski definition) is 3. The Balaban J connectivity index is 3.85. The molecule has 0 radical (unpaired) electrons. The fourth-order valence-corrected chi connectivity index (χ4v) is 0.851. The number of hydrogen-bond donors (Lipinski definition) is 2. The van der Waals surface area contributed by atoms with Crippen molar-refractivity contribution in [3.63, 3.8) is 0 Å². The third kappa shape index (κ3) is 4.58. The molecule has 0 fully saturated rings. The van der Waals surface area contributed by atoms with Crippen molar-refractivity contribution < 1.29 is 4.79 Å². The van der Waals surface area contributed by atoms with Crippen molar-refractivity contribution in [3.05, 3.63) is 0 Å². The summed E-state index contributed by atoms with van der Waals surface area (Å²) >= 11 is 0. The Kier molecular flexibility index (Phi) is 5.72. The summed E-state index contributed by atoms with van der Waals surface area (Å²) in [5.41, 5.74) is 5.70. The highest BCUT2D eigenvalue weighted by Crippen LogP contribution is 1.98. The fourth-order valence-electron chi connectivity index (χ4n) is 0.851. The molecular weight excluding hydrogens is 178 g/mol. The van der Waals surface area contributed by atoms with Crippen LogP contribution in [0.1, 0.15) is 20.8 Å². The highest BCUT2D eigenvalue weighted by Gasteiger charge is 2.17. The first kappa shape index (κ1) is 13.4. The Morgan fingerprint density at radius 1 is 1.36 bits per heavy atom. The molecule has 0 saturated carbocycles. The third-order valence-electron chi connectivity index (χ3n) is 2.47. The Morgan fingerprint density at radius 2 is 1.86 bits per heavy atom. The molecule has 0 aliphatic rings. The normalized spacial score (nSPS) is 15.7. The van der Waals surface area contributed by atoms with Crippen molar-refractivity contribution in [2.45, 2.75) is 32.9 Å². The lowest BCUT2D eigenvalue weighted by Gasteiger charge is -2.22. The number of likely N-dealkylation sites (N-methyl/N-ethyl adjacent to an activating group) is 1. The van der Waals surface area contributed by atoms with Gasteiger partial charge in [0.15, 0.2) is 0 Å². The highest BCUT2D eigenvalue weighted by atomic mass is 16.2. The van der Waals surface area contributed by atoms with Crippen LogP contribution in [-0.4, -0.2) is 43.5 Å². The van der Waals surface area contributed by atoms with Gasteiger partial charge in [-0.2, -0.15) is 0 Å². The molecule has 0 aliphatic heterocycles. The first-order valence-corrected chi connectivity index (χ1v) is 5.06. The number of amides is 1. The zero-order valence-electron chi connectivity index (χ0n) is 9.87. The molecule has 4 heteroatoms. The number of carbonyl (C=O) groups excluding carboxylic acids is 1. The summed E-state index contributed by atoms with van der Waals surface area (Å²) in [5.74, 6) is 0.123. The van der Waals surface area contributed by atoms with Gasteiger partial charge in [0.25, 0.3) is 0 Å². The molecule has 0 aromatic rings. The van der Waals surface area contributed by atoms with E-state index in [2.05, 4.69) is 17.1 Å². The van der Waals surface area contributed by atoms with Crippen LogP contribution in [0.4, 0.5) is 0 Å². The van der Waals surface area contributed by atoms with Gasteiger partial charge in [0.1, 0.15) is 0 Å². The van der Waals surface area contributed by atoms with E-state index in [0.717, 1.165) is 0 Å². The van der Waals surface area contributed by atoms with Crippen molar-refractivity contribution in [2.75, 3.05) is 20.6 Å². The van der Waals surface area contributed by atoms with Gasteiger partial charge >= 0.3 is 0 Å². The van der Waals surface area contributed by atoms with Crippen LogP contribution < -0.4 is 11.1 Å². The molecule has 0 saturated heterocycles. The molecule has 1 amide bonds. The van der Waals surface area contributed by atoms with Crippen molar-refractivity contribution in [3.8, 4) is 0 Å². The average molecular weight is 201 g/mol. The molecule has 0 aromatic heterocycles. The van der Waals surface area contributed by atoms with E-state index >= 15 is 0 Å². The van der Waals surface area contributed by atoms with Crippen LogP contribution in [0, 0.1) is 5.92 Å². The predicted octanol–water partition coefficient (Wildman–Crippen LogP) is 0.0360. The second-order valence-corrected chi connectivity index (χ2v) is 4.33. The van der Waals surface area contributed by atoms with E-state index in [1.54, 1.807) is 0 Å². The molecule has 14 heavy (non-hydrogen) atoms. The molecule has 0 spiro atoms. The maximum absolute atomic E-state index is 11.5. The standard InChI is InChI=1S/C10H23N3O/c1-7(2)9(11)10(14)12-6-8(3)13(4)5/h7-9H,6,11H2,1-5H3,(H,12,14). The molecule has 0 aromatic carbocycles. The van der Waals surface area contributed by atoms with E-state index in [1.807, 2.05) is 27.9 Å². The zero-order valence-corrected chi connectivity index (χ0v) is 9.87. The van der Waals surface area contributed by atoms with E-state index < -0.39 is 6.04 Å². The molecule has 4 nitrogen and oxygen atoms in total. The lowest BCUT2D eigenvalue weighted by molar-refractivity contribution is -0.123. The Bertz CT molecular complexity index is 180. The van der Waals surface area contributed by atoms with Crippen molar-refractivity contribution in [1.29, 1.82) is 0 Å². The molecule has 2 atom stereocenters. The lowest BCUT2D eigenvalue weighted by Crippen LogP contribution is -2.47. The number of nitrogens with two attached hydrogens (primary N) is 1. The first-order chi connectivity index (χ1) is 6.36. The van der Waals surface area contributed by atoms with Gasteiger partial charge in [-0.05, 0) is 26.9 Å². The van der Waals surface area contributed by atoms with E-state index in [-0.39, 0.29) is 11.8 Å². The SMILES string of the molecule is CC(C)C(N)C(=O)NCC(C)N(C)C. The van der Waals surface area contributed by atoms with Crippen LogP contribution in [0.25, 0.3) is 0 Å². The van der Waals surface area contributed by atoms with Gasteiger partial charge in [-0.25, -0.2) is 0 Å². The van der Waals surface area contributed by atoms with Gasteiger partial charge in [0.05, 0.1) is 6.04 Å². The van der Waals surface area contributed by atoms with Gasteiger partial charge in [-0.15, -0.1) is 0 Å². The van der Waals surface area contributed by atoms with Crippen LogP contribution in [0.5, 0.6) is 0 Å². The number of nitrogens with zero attached hydrogens (tertiary/aromatic N) is 1. The second kappa shape index (κ2) is 5.98. The van der Waals surface area contributed by atoms with Gasteiger partial charge in [-0.3, -0.25) is 4.79 Å². The minimum Gasteiger partial charge on any atom is -0.353 e. The van der Waals surface area contributed by atoms with E-state index in [0.29, 0.717) is 12.6 Å². The summed E-state index contributed by atoms with van der Waals surface area (Å²) in [5, 5.41) is 2.84. The molecule has 0 rings (SSSR count). The molecule has 0 aliphatic carbocycles. The maximum Gasteiger partial charge on any atom is 0.237 e. The van der Waals surface area contributed by atoms with Crippen molar-refractivity contribution in [2.24, 2.45) is 11.7 Å². The van der Waals surface area contributed by atoms with Gasteiger partial charge < -0.3 is 16.0 Å². The van der Waals surface area contributed by atoms with Gasteiger partial charge in [0.2, 0.25) is 5.91 Å². The molecule has 2 unspecified atom stereocenters. The minimum absolute atomic E-state index is 0.0614. The Labute approximate surface area is 86.8 Å². The van der Waals surface area contributed by atoms with Crippen LogP contribution in [0.15, 0.2) is 0 Å². The fraction of sp³-hybridized carbons (Fsp3) is 0.900. The summed E-state index contributed by atoms with van der Waals surface area (Å²) < 4.78 is 0. The summed E-state index contributed by atoms with van der Waals surface area (Å²) in [7, 11) is 3.97. The summed E-state index contributed by atoms with van der Waals surface area (Å²) in [6, 6.07) is -0.0670. The van der Waals surface area contributed by atoms with Crippen LogP contribution >= 0.6 is 0 Å². The lowest BCUT2D eigenvalue weighted by atomic mass is 10.1. The summed E-state index contributed by atoms with van der Waals surface area (Å²) in [6.45, 7) is 6.59. The first-order valence-electron chi connectivity index (χ1n) is 5.06. The second-order valence-electron chi connectivity index (χ2n) is 4.33. The Hall–Kier alpha value is -0.610. The third-order valence-corrected chi connectivity index (χ3v) is 2.47. The zero-order chi connectivity index (χ0) is 11.3. The van der Waals surface area contributed by atoms with E-state index in [1.165, 1.54) is 0 Å². The van der Waals surface area contributed by atoms with Gasteiger partial charge in [0, 0.05) is 12.6 Å². The molecular formula is C10H23N3O. The quantitative estimate of drug-likeness (QED) is 0.660.